The van der Waals surface area contributed by atoms with E-state index in [0.29, 0.717) is 49.4 Å². The maximum Gasteiger partial charge on any atom is 0.251 e. The Bertz CT molecular complexity index is 1590. The standard InChI is InChI=1S/C37H46N4O5S/c1-3-39-32-21-31(22-33(23-32)41-26-30(17-18-47(41,44)45)29-14-8-5-9-15-29)37(43)40-35(20-27-11-6-4-7-12-27)36(42)25-38-24-28-13-10-16-34(19-28)46-2/h4-16,19,21-23,30,35-36,38-39,42,44-45H,3,17-18,20,24-26H2,1-2H3,(H,40,43)/t30?,35-,36-/m0/s1. The number of hydrogen-bond donors (Lipinski definition) is 6. The molecular weight excluding hydrogens is 612 g/mol. The van der Waals surface area contributed by atoms with Gasteiger partial charge in [0.15, 0.2) is 0 Å². The van der Waals surface area contributed by atoms with Gasteiger partial charge in [-0.3, -0.25) is 18.2 Å². The van der Waals surface area contributed by atoms with Crippen LogP contribution in [0.1, 0.15) is 46.3 Å². The van der Waals surface area contributed by atoms with Crippen LogP contribution in [0.5, 0.6) is 5.75 Å². The van der Waals surface area contributed by atoms with Crippen molar-refractivity contribution in [2.24, 2.45) is 0 Å². The number of aliphatic hydroxyl groups is 1. The number of nitrogens with zero attached hydrogens (tertiary/aromatic N) is 1. The molecule has 5 rings (SSSR count). The van der Waals surface area contributed by atoms with Crippen LogP contribution in [0.2, 0.25) is 0 Å². The molecule has 1 heterocycles. The van der Waals surface area contributed by atoms with E-state index in [2.05, 4.69) is 28.1 Å². The van der Waals surface area contributed by atoms with Crippen LogP contribution in [0.4, 0.5) is 11.4 Å². The van der Waals surface area contributed by atoms with Crippen molar-refractivity contribution in [3.63, 3.8) is 0 Å². The number of anilines is 2. The van der Waals surface area contributed by atoms with Crippen LogP contribution in [0.15, 0.2) is 103 Å². The number of benzene rings is 4. The van der Waals surface area contributed by atoms with Crippen LogP contribution in [0.3, 0.4) is 0 Å². The third-order valence-corrected chi connectivity index (χ3v) is 10.3. The lowest BCUT2D eigenvalue weighted by Crippen LogP contribution is -2.48. The second-order valence-electron chi connectivity index (χ2n) is 11.9. The molecule has 250 valence electrons. The summed E-state index contributed by atoms with van der Waals surface area (Å²) >= 11 is 0. The molecule has 0 saturated carbocycles. The SMILES string of the molecule is CCNc1cc(C(=O)N[C@@H](Cc2ccccc2)[C@@H](O)CNCc2cccc(OC)c2)cc(N2CC(c3ccccc3)CCS2(O)O)c1. The monoisotopic (exact) mass is 658 g/mol. The number of amides is 1. The highest BCUT2D eigenvalue weighted by Gasteiger charge is 2.34. The minimum Gasteiger partial charge on any atom is -0.497 e. The number of carbonyl (C=O) groups excluding carboxylic acids is 1. The van der Waals surface area contributed by atoms with Crippen molar-refractivity contribution in [2.75, 3.05) is 42.1 Å². The van der Waals surface area contributed by atoms with E-state index >= 15 is 0 Å². The van der Waals surface area contributed by atoms with Crippen molar-refractivity contribution in [1.29, 1.82) is 0 Å². The number of ether oxygens (including phenoxy) is 1. The Balaban J connectivity index is 1.36. The van der Waals surface area contributed by atoms with Gasteiger partial charge < -0.3 is 25.8 Å². The number of carbonyl (C=O) groups is 1. The Morgan fingerprint density at radius 2 is 1.68 bits per heavy atom. The minimum absolute atomic E-state index is 0.117. The predicted octanol–water partition coefficient (Wildman–Crippen LogP) is 6.28. The molecule has 0 bridgehead atoms. The molecule has 47 heavy (non-hydrogen) atoms. The van der Waals surface area contributed by atoms with E-state index in [1.807, 2.05) is 85.8 Å². The molecule has 0 aromatic heterocycles. The average Bonchev–Trinajstić information content (AvgIpc) is 3.08. The molecule has 1 amide bonds. The molecule has 0 radical (unpaired) electrons. The van der Waals surface area contributed by atoms with E-state index < -0.39 is 22.9 Å². The van der Waals surface area contributed by atoms with E-state index in [-0.39, 0.29) is 24.1 Å². The highest BCUT2D eigenvalue weighted by Crippen LogP contribution is 2.52. The number of methoxy groups -OCH3 is 1. The third kappa shape index (κ3) is 9.27. The maximum atomic E-state index is 13.9. The van der Waals surface area contributed by atoms with E-state index in [4.69, 9.17) is 4.74 Å². The van der Waals surface area contributed by atoms with E-state index in [0.717, 1.165) is 22.4 Å². The quantitative estimate of drug-likeness (QED) is 0.0936. The smallest absolute Gasteiger partial charge is 0.251 e. The zero-order chi connectivity index (χ0) is 33.2. The van der Waals surface area contributed by atoms with Gasteiger partial charge in [0, 0.05) is 43.3 Å². The summed E-state index contributed by atoms with van der Waals surface area (Å²) in [4.78, 5) is 13.9. The molecular formula is C37H46N4O5S. The molecule has 1 saturated heterocycles. The number of nitrogens with one attached hydrogen (secondary N) is 3. The first kappa shape index (κ1) is 34.3. The van der Waals surface area contributed by atoms with E-state index in [1.54, 1.807) is 23.5 Å². The van der Waals surface area contributed by atoms with Crippen LogP contribution in [0.25, 0.3) is 0 Å². The van der Waals surface area contributed by atoms with Gasteiger partial charge in [-0.1, -0.05) is 72.8 Å². The van der Waals surface area contributed by atoms with Crippen molar-refractivity contribution in [2.45, 2.75) is 44.4 Å². The van der Waals surface area contributed by atoms with Gasteiger partial charge in [-0.25, -0.2) is 0 Å². The molecule has 1 aliphatic heterocycles. The van der Waals surface area contributed by atoms with Crippen LogP contribution in [-0.2, 0) is 13.0 Å². The Morgan fingerprint density at radius 1 is 0.957 bits per heavy atom. The highest BCUT2D eigenvalue weighted by atomic mass is 32.3. The Kier molecular flexibility index (Phi) is 11.8. The normalized spacial score (nSPS) is 17.7. The lowest BCUT2D eigenvalue weighted by atomic mass is 9.96. The molecule has 1 aliphatic rings. The first-order valence-electron chi connectivity index (χ1n) is 16.1. The zero-order valence-corrected chi connectivity index (χ0v) is 27.8. The summed E-state index contributed by atoms with van der Waals surface area (Å²) in [6, 6.07) is 32.3. The summed E-state index contributed by atoms with van der Waals surface area (Å²) in [5.74, 6) is 0.769. The van der Waals surface area contributed by atoms with Crippen molar-refractivity contribution < 1.29 is 23.7 Å². The molecule has 4 aromatic rings. The summed E-state index contributed by atoms with van der Waals surface area (Å²) in [6.07, 6.45) is 0.204. The molecule has 1 fully saturated rings. The lowest BCUT2D eigenvalue weighted by Gasteiger charge is -2.50. The van der Waals surface area contributed by atoms with Gasteiger partial charge in [-0.05, 0) is 66.8 Å². The molecule has 0 aliphatic carbocycles. The molecule has 4 aromatic carbocycles. The number of rotatable bonds is 14. The van der Waals surface area contributed by atoms with Crippen molar-refractivity contribution >= 4 is 28.1 Å². The topological polar surface area (TPSA) is 126 Å². The summed E-state index contributed by atoms with van der Waals surface area (Å²) in [5, 5.41) is 21.1. The third-order valence-electron chi connectivity index (χ3n) is 8.50. The second-order valence-corrected chi connectivity index (χ2v) is 14.0. The summed E-state index contributed by atoms with van der Waals surface area (Å²) in [6.45, 7) is 3.80. The van der Waals surface area contributed by atoms with Gasteiger partial charge in [0.1, 0.15) is 5.75 Å². The predicted molar refractivity (Wildman–Crippen MR) is 192 cm³/mol. The fourth-order valence-corrected chi connectivity index (χ4v) is 7.66. The van der Waals surface area contributed by atoms with Crippen LogP contribution in [-0.4, -0.2) is 64.8 Å². The fourth-order valence-electron chi connectivity index (χ4n) is 5.98. The number of hydrogen-bond acceptors (Lipinski definition) is 8. The largest absolute Gasteiger partial charge is 0.497 e. The molecule has 10 heteroatoms. The second kappa shape index (κ2) is 16.2. The summed E-state index contributed by atoms with van der Waals surface area (Å²) in [5.41, 5.74) is 4.78. The van der Waals surface area contributed by atoms with Gasteiger partial charge >= 0.3 is 0 Å². The first-order valence-corrected chi connectivity index (χ1v) is 17.8. The average molecular weight is 659 g/mol. The van der Waals surface area contributed by atoms with Crippen LogP contribution < -0.4 is 25.0 Å². The molecule has 9 nitrogen and oxygen atoms in total. The minimum atomic E-state index is -3.09. The van der Waals surface area contributed by atoms with Crippen LogP contribution in [0, 0.1) is 0 Å². The van der Waals surface area contributed by atoms with E-state index in [1.165, 1.54) is 0 Å². The van der Waals surface area contributed by atoms with E-state index in [9.17, 15) is 19.0 Å². The first-order chi connectivity index (χ1) is 22.8. The van der Waals surface area contributed by atoms with Crippen molar-refractivity contribution in [1.82, 2.24) is 10.6 Å². The highest BCUT2D eigenvalue weighted by molar-refractivity contribution is 8.25. The Labute approximate surface area is 279 Å². The molecule has 0 spiro atoms. The van der Waals surface area contributed by atoms with Crippen LogP contribution >= 0.6 is 10.8 Å². The number of aliphatic hydroxyl groups excluding tert-OH is 1. The maximum absolute atomic E-state index is 13.9. The molecule has 6 N–H and O–H groups in total. The molecule has 3 atom stereocenters. The van der Waals surface area contributed by atoms with Gasteiger partial charge in [-0.2, -0.15) is 0 Å². The van der Waals surface area contributed by atoms with Gasteiger partial charge in [0.05, 0.1) is 30.7 Å². The zero-order valence-electron chi connectivity index (χ0n) is 27.0. The summed E-state index contributed by atoms with van der Waals surface area (Å²) < 4.78 is 29.3. The van der Waals surface area contributed by atoms with Gasteiger partial charge in [-0.15, -0.1) is 10.8 Å². The Hall–Kier alpha value is -4.06. The van der Waals surface area contributed by atoms with Gasteiger partial charge in [0.2, 0.25) is 0 Å². The molecule has 1 unspecified atom stereocenters. The van der Waals surface area contributed by atoms with Gasteiger partial charge in [0.25, 0.3) is 5.91 Å². The fraction of sp³-hybridized carbons (Fsp3) is 0.324. The summed E-state index contributed by atoms with van der Waals surface area (Å²) in [7, 11) is -1.46. The van der Waals surface area contributed by atoms with Crippen molar-refractivity contribution in [3.05, 3.63) is 125 Å². The van der Waals surface area contributed by atoms with Crippen molar-refractivity contribution in [3.8, 4) is 5.75 Å². The Morgan fingerprint density at radius 3 is 2.40 bits per heavy atom. The lowest BCUT2D eigenvalue weighted by molar-refractivity contribution is 0.0830.